The zero-order chi connectivity index (χ0) is 13.0. The lowest BCUT2D eigenvalue weighted by Crippen LogP contribution is -2.27. The van der Waals surface area contributed by atoms with Gasteiger partial charge >= 0.3 is 0 Å². The zero-order valence-electron chi connectivity index (χ0n) is 10.4. The van der Waals surface area contributed by atoms with Crippen LogP contribution in [0, 0.1) is 0 Å². The van der Waals surface area contributed by atoms with E-state index in [2.05, 4.69) is 5.32 Å². The molecule has 18 heavy (non-hydrogen) atoms. The molecule has 1 N–H and O–H groups in total. The number of anilines is 1. The van der Waals surface area contributed by atoms with Crippen LogP contribution < -0.4 is 5.32 Å². The minimum atomic E-state index is -0.874. The number of halogens is 1. The van der Waals surface area contributed by atoms with Gasteiger partial charge in [0.25, 0.3) is 0 Å². The molecule has 0 unspecified atom stereocenters. The summed E-state index contributed by atoms with van der Waals surface area (Å²) in [5.41, 5.74) is 1.99. The zero-order valence-corrected chi connectivity index (χ0v) is 12.0. The molecule has 1 aromatic carbocycles. The van der Waals surface area contributed by atoms with Gasteiger partial charge in [0.2, 0.25) is 0 Å². The van der Waals surface area contributed by atoms with Crippen LogP contribution >= 0.6 is 11.6 Å². The number of hydrogen-bond acceptors (Lipinski definition) is 3. The van der Waals surface area contributed by atoms with E-state index in [0.717, 1.165) is 37.3 Å². The monoisotopic (exact) mass is 287 g/mol. The van der Waals surface area contributed by atoms with Gasteiger partial charge in [0.05, 0.1) is 0 Å². The number of ether oxygens (including phenoxy) is 1. The van der Waals surface area contributed by atoms with Gasteiger partial charge in [0, 0.05) is 52.8 Å². The maximum Gasteiger partial charge on any atom is 0.0498 e. The van der Waals surface area contributed by atoms with Gasteiger partial charge in [-0.05, 0) is 36.6 Å². The van der Waals surface area contributed by atoms with Crippen LogP contribution in [0.1, 0.15) is 18.4 Å². The lowest BCUT2D eigenvalue weighted by Gasteiger charge is -2.24. The highest BCUT2D eigenvalue weighted by molar-refractivity contribution is 7.83. The minimum absolute atomic E-state index is 0.458. The van der Waals surface area contributed by atoms with Crippen LogP contribution in [0.3, 0.4) is 0 Å². The van der Waals surface area contributed by atoms with Crippen molar-refractivity contribution in [2.24, 2.45) is 0 Å². The van der Waals surface area contributed by atoms with Crippen molar-refractivity contribution in [1.82, 2.24) is 0 Å². The van der Waals surface area contributed by atoms with Crippen LogP contribution in [0.15, 0.2) is 18.2 Å². The van der Waals surface area contributed by atoms with Crippen molar-refractivity contribution in [3.63, 3.8) is 0 Å². The van der Waals surface area contributed by atoms with E-state index in [-0.39, 0.29) is 0 Å². The molecule has 0 bridgehead atoms. The number of rotatable bonds is 4. The molecule has 0 radical (unpaired) electrons. The van der Waals surface area contributed by atoms with Crippen molar-refractivity contribution in [1.29, 1.82) is 0 Å². The van der Waals surface area contributed by atoms with E-state index in [1.807, 2.05) is 18.2 Å². The average Bonchev–Trinajstić information content (AvgIpc) is 2.34. The summed E-state index contributed by atoms with van der Waals surface area (Å²) in [4.78, 5) is 0. The third kappa shape index (κ3) is 3.97. The van der Waals surface area contributed by atoms with Gasteiger partial charge in [0.1, 0.15) is 0 Å². The van der Waals surface area contributed by atoms with Crippen molar-refractivity contribution in [2.45, 2.75) is 24.6 Å². The Labute approximate surface area is 115 Å². The first-order valence-electron chi connectivity index (χ1n) is 6.08. The molecule has 1 aliphatic heterocycles. The van der Waals surface area contributed by atoms with E-state index in [9.17, 15) is 4.21 Å². The molecule has 2 rings (SSSR count). The summed E-state index contributed by atoms with van der Waals surface area (Å²) in [5, 5.41) is 4.17. The van der Waals surface area contributed by atoms with E-state index in [4.69, 9.17) is 16.3 Å². The molecule has 5 heteroatoms. The largest absolute Gasteiger partial charge is 0.382 e. The molecule has 1 heterocycles. The fourth-order valence-electron chi connectivity index (χ4n) is 2.07. The minimum Gasteiger partial charge on any atom is -0.382 e. The predicted molar refractivity (Wildman–Crippen MR) is 76.7 cm³/mol. The molecule has 1 atom stereocenters. The highest BCUT2D eigenvalue weighted by Gasteiger charge is 2.14. The first-order valence-corrected chi connectivity index (χ1v) is 8.18. The summed E-state index contributed by atoms with van der Waals surface area (Å²) in [6, 6.07) is 6.30. The van der Waals surface area contributed by atoms with E-state index in [1.54, 1.807) is 6.26 Å². The molecule has 0 aromatic heterocycles. The summed E-state index contributed by atoms with van der Waals surface area (Å²) in [7, 11) is -0.874. The van der Waals surface area contributed by atoms with Crippen molar-refractivity contribution < 1.29 is 8.95 Å². The Balaban J connectivity index is 2.05. The standard InChI is InChI=1S/C13H18ClNO2S/c1-18(16)9-10-8-12(2-3-13(10)14)15-11-4-6-17-7-5-11/h2-3,8,11,15H,4-7,9H2,1H3/t18-/m0/s1. The summed E-state index contributed by atoms with van der Waals surface area (Å²) in [5.74, 6) is 0.502. The van der Waals surface area contributed by atoms with Gasteiger partial charge in [-0.1, -0.05) is 11.6 Å². The van der Waals surface area contributed by atoms with Gasteiger partial charge in [-0.25, -0.2) is 0 Å². The average molecular weight is 288 g/mol. The SMILES string of the molecule is C[S@](=O)Cc1cc(NC2CCOCC2)ccc1Cl. The molecule has 0 aliphatic carbocycles. The normalized spacial score (nSPS) is 18.6. The Morgan fingerprint density at radius 3 is 2.83 bits per heavy atom. The van der Waals surface area contributed by atoms with E-state index >= 15 is 0 Å². The molecule has 1 aliphatic rings. The second kappa shape index (κ2) is 6.55. The van der Waals surface area contributed by atoms with Gasteiger partial charge in [-0.15, -0.1) is 0 Å². The Morgan fingerprint density at radius 2 is 2.17 bits per heavy atom. The van der Waals surface area contributed by atoms with Gasteiger partial charge < -0.3 is 10.1 Å². The quantitative estimate of drug-likeness (QED) is 0.925. The predicted octanol–water partition coefficient (Wildman–Crippen LogP) is 2.81. The van der Waals surface area contributed by atoms with E-state index in [0.29, 0.717) is 16.8 Å². The fraction of sp³-hybridized carbons (Fsp3) is 0.538. The lowest BCUT2D eigenvalue weighted by molar-refractivity contribution is 0.0904. The van der Waals surface area contributed by atoms with Gasteiger partial charge in [-0.3, -0.25) is 4.21 Å². The second-order valence-corrected chi connectivity index (χ2v) is 6.40. The number of hydrogen-bond donors (Lipinski definition) is 1. The first kappa shape index (κ1) is 13.8. The van der Waals surface area contributed by atoms with Crippen molar-refractivity contribution >= 4 is 28.1 Å². The Kier molecular flexibility index (Phi) is 5.03. The third-order valence-electron chi connectivity index (χ3n) is 3.00. The number of nitrogens with one attached hydrogen (secondary N) is 1. The summed E-state index contributed by atoms with van der Waals surface area (Å²) >= 11 is 6.10. The van der Waals surface area contributed by atoms with Crippen LogP contribution in [0.25, 0.3) is 0 Å². The molecule has 0 saturated carbocycles. The van der Waals surface area contributed by atoms with Crippen molar-refractivity contribution in [3.05, 3.63) is 28.8 Å². The van der Waals surface area contributed by atoms with Crippen LogP contribution in [-0.2, 0) is 21.3 Å². The molecule has 1 fully saturated rings. The maximum atomic E-state index is 11.3. The van der Waals surface area contributed by atoms with Crippen molar-refractivity contribution in [2.75, 3.05) is 24.8 Å². The molecule has 0 amide bonds. The maximum absolute atomic E-state index is 11.3. The van der Waals surface area contributed by atoms with Crippen LogP contribution in [0.4, 0.5) is 5.69 Å². The molecule has 1 aromatic rings. The smallest absolute Gasteiger partial charge is 0.0498 e. The molecule has 100 valence electrons. The summed E-state index contributed by atoms with van der Waals surface area (Å²) in [6.07, 6.45) is 3.74. The van der Waals surface area contributed by atoms with E-state index in [1.165, 1.54) is 0 Å². The van der Waals surface area contributed by atoms with Gasteiger partial charge in [0.15, 0.2) is 0 Å². The topological polar surface area (TPSA) is 38.3 Å². The van der Waals surface area contributed by atoms with E-state index < -0.39 is 10.8 Å². The van der Waals surface area contributed by atoms with Crippen molar-refractivity contribution in [3.8, 4) is 0 Å². The fourth-order valence-corrected chi connectivity index (χ4v) is 3.01. The number of benzene rings is 1. The Morgan fingerprint density at radius 1 is 1.44 bits per heavy atom. The lowest BCUT2D eigenvalue weighted by atomic mass is 10.1. The van der Waals surface area contributed by atoms with Crippen LogP contribution in [0.2, 0.25) is 5.02 Å². The third-order valence-corrected chi connectivity index (χ3v) is 4.08. The summed E-state index contributed by atoms with van der Waals surface area (Å²) in [6.45, 7) is 1.63. The van der Waals surface area contributed by atoms with Crippen LogP contribution in [-0.4, -0.2) is 29.7 Å². The highest BCUT2D eigenvalue weighted by atomic mass is 35.5. The second-order valence-electron chi connectivity index (χ2n) is 4.55. The molecule has 0 spiro atoms. The Bertz CT molecular complexity index is 433. The molecule has 3 nitrogen and oxygen atoms in total. The first-order chi connectivity index (χ1) is 8.65. The van der Waals surface area contributed by atoms with Crippen LogP contribution in [0.5, 0.6) is 0 Å². The highest BCUT2D eigenvalue weighted by Crippen LogP contribution is 2.23. The molecule has 1 saturated heterocycles. The summed E-state index contributed by atoms with van der Waals surface area (Å²) < 4.78 is 16.6. The molecular formula is C13H18ClNO2S. The Hall–Kier alpha value is -0.580. The van der Waals surface area contributed by atoms with Gasteiger partial charge in [-0.2, -0.15) is 0 Å². The molecular weight excluding hydrogens is 270 g/mol.